The van der Waals surface area contributed by atoms with Gasteiger partial charge in [0, 0.05) is 31.4 Å². The number of benzene rings is 1. The molecule has 0 amide bonds. The zero-order chi connectivity index (χ0) is 17.5. The molecule has 1 aromatic carbocycles. The van der Waals surface area contributed by atoms with E-state index in [9.17, 15) is 0 Å². The molecule has 2 heterocycles. The van der Waals surface area contributed by atoms with Gasteiger partial charge in [0.15, 0.2) is 17.5 Å². The van der Waals surface area contributed by atoms with E-state index in [1.54, 1.807) is 18.4 Å². The highest BCUT2D eigenvalue weighted by molar-refractivity contribution is 14.0. The second-order valence-corrected chi connectivity index (χ2v) is 7.08. The quantitative estimate of drug-likeness (QED) is 0.364. The maximum Gasteiger partial charge on any atom is 0.191 e. The third-order valence-corrected chi connectivity index (χ3v) is 5.01. The van der Waals surface area contributed by atoms with Crippen LogP contribution < -0.4 is 20.1 Å². The summed E-state index contributed by atoms with van der Waals surface area (Å²) in [5.74, 6) is 2.11. The Kier molecular flexibility index (Phi) is 8.80. The van der Waals surface area contributed by atoms with Crippen molar-refractivity contribution in [2.24, 2.45) is 4.99 Å². The Bertz CT molecular complexity index is 725. The molecule has 0 spiro atoms. The van der Waals surface area contributed by atoms with Crippen LogP contribution in [0.1, 0.15) is 16.9 Å². The molecule has 0 saturated carbocycles. The molecule has 26 heavy (non-hydrogen) atoms. The second kappa shape index (κ2) is 10.8. The van der Waals surface area contributed by atoms with E-state index in [4.69, 9.17) is 21.1 Å². The molecule has 2 aromatic rings. The zero-order valence-corrected chi connectivity index (χ0v) is 18.5. The molecule has 0 fully saturated rings. The Balaban J connectivity index is 0.00000243. The number of aliphatic imine (C=N–C) groups is 1. The van der Waals surface area contributed by atoms with Gasteiger partial charge in [0.25, 0.3) is 0 Å². The lowest BCUT2D eigenvalue weighted by Crippen LogP contribution is -2.37. The molecule has 0 radical (unpaired) electrons. The summed E-state index contributed by atoms with van der Waals surface area (Å²) in [6.45, 7) is 2.72. The van der Waals surface area contributed by atoms with E-state index in [-0.39, 0.29) is 24.0 Å². The molecule has 0 atom stereocenters. The predicted molar refractivity (Wildman–Crippen MR) is 119 cm³/mol. The van der Waals surface area contributed by atoms with E-state index in [1.807, 2.05) is 12.1 Å². The van der Waals surface area contributed by atoms with E-state index in [0.717, 1.165) is 30.9 Å². The van der Waals surface area contributed by atoms with Crippen LogP contribution in [0.2, 0.25) is 5.02 Å². The molecule has 5 nitrogen and oxygen atoms in total. The fourth-order valence-electron chi connectivity index (χ4n) is 2.55. The summed E-state index contributed by atoms with van der Waals surface area (Å²) in [4.78, 5) is 5.61. The summed E-state index contributed by atoms with van der Waals surface area (Å²) in [6, 6.07) is 8.09. The van der Waals surface area contributed by atoms with Crippen molar-refractivity contribution >= 4 is 52.9 Å². The standard InChI is InChI=1S/C18H22ClN3O2S.HI/c1-20-18(21-6-5-14-4-2-9-25-14)22-12-13-10-15(19)17-16(11-13)23-7-3-8-24-17;/h2,4,9-11H,3,5-8,12H2,1H3,(H2,20,21,22);1H. The van der Waals surface area contributed by atoms with Crippen LogP contribution in [0, 0.1) is 0 Å². The number of rotatable bonds is 5. The number of fused-ring (bicyclic) bond motifs is 1. The van der Waals surface area contributed by atoms with Crippen LogP contribution in [0.15, 0.2) is 34.6 Å². The number of ether oxygens (including phenoxy) is 2. The average molecular weight is 508 g/mol. The molecule has 1 aliphatic heterocycles. The fraction of sp³-hybridized carbons (Fsp3) is 0.389. The Hall–Kier alpha value is -1.19. The van der Waals surface area contributed by atoms with Crippen LogP contribution >= 0.6 is 46.9 Å². The highest BCUT2D eigenvalue weighted by Gasteiger charge is 2.15. The largest absolute Gasteiger partial charge is 0.489 e. The summed E-state index contributed by atoms with van der Waals surface area (Å²) >= 11 is 8.10. The molecule has 0 saturated heterocycles. The number of hydrogen-bond acceptors (Lipinski definition) is 4. The van der Waals surface area contributed by atoms with Crippen LogP contribution in [0.3, 0.4) is 0 Å². The maximum atomic E-state index is 6.33. The predicted octanol–water partition coefficient (Wildman–Crippen LogP) is 4.09. The van der Waals surface area contributed by atoms with Gasteiger partial charge < -0.3 is 20.1 Å². The highest BCUT2D eigenvalue weighted by Crippen LogP contribution is 2.37. The van der Waals surface area contributed by atoms with Crippen molar-refractivity contribution in [1.29, 1.82) is 0 Å². The molecule has 1 aliphatic rings. The summed E-state index contributed by atoms with van der Waals surface area (Å²) in [7, 11) is 1.77. The van der Waals surface area contributed by atoms with Gasteiger partial charge in [-0.3, -0.25) is 4.99 Å². The van der Waals surface area contributed by atoms with Gasteiger partial charge in [0.1, 0.15) is 0 Å². The van der Waals surface area contributed by atoms with Crippen LogP contribution in [0.25, 0.3) is 0 Å². The summed E-state index contributed by atoms with van der Waals surface area (Å²) < 4.78 is 11.4. The summed E-state index contributed by atoms with van der Waals surface area (Å²) in [5, 5.41) is 9.30. The molecule has 0 bridgehead atoms. The lowest BCUT2D eigenvalue weighted by Gasteiger charge is -2.14. The molecule has 142 valence electrons. The Labute approximate surface area is 180 Å². The molecule has 0 unspecified atom stereocenters. The van der Waals surface area contributed by atoms with Crippen molar-refractivity contribution in [3.05, 3.63) is 45.1 Å². The fourth-order valence-corrected chi connectivity index (χ4v) is 3.55. The number of halogens is 2. The van der Waals surface area contributed by atoms with E-state index in [2.05, 4.69) is 33.1 Å². The van der Waals surface area contributed by atoms with Crippen LogP contribution in [-0.4, -0.2) is 32.8 Å². The van der Waals surface area contributed by atoms with E-state index >= 15 is 0 Å². The Morgan fingerprint density at radius 3 is 2.88 bits per heavy atom. The third-order valence-electron chi connectivity index (χ3n) is 3.79. The van der Waals surface area contributed by atoms with Gasteiger partial charge in [-0.05, 0) is 35.6 Å². The molecular weight excluding hydrogens is 485 g/mol. The Morgan fingerprint density at radius 1 is 1.27 bits per heavy atom. The number of thiophene rings is 1. The molecular formula is C18H23ClIN3O2S. The van der Waals surface area contributed by atoms with E-state index < -0.39 is 0 Å². The lowest BCUT2D eigenvalue weighted by atomic mass is 10.2. The van der Waals surface area contributed by atoms with Gasteiger partial charge in [0.2, 0.25) is 0 Å². The van der Waals surface area contributed by atoms with Crippen LogP contribution in [0.4, 0.5) is 0 Å². The van der Waals surface area contributed by atoms with Gasteiger partial charge in [0.05, 0.1) is 18.2 Å². The molecule has 2 N–H and O–H groups in total. The number of nitrogens with zero attached hydrogens (tertiary/aromatic N) is 1. The minimum atomic E-state index is 0. The topological polar surface area (TPSA) is 54.9 Å². The van der Waals surface area contributed by atoms with Crippen molar-refractivity contribution in [3.63, 3.8) is 0 Å². The van der Waals surface area contributed by atoms with Crippen LogP contribution in [0.5, 0.6) is 11.5 Å². The van der Waals surface area contributed by atoms with Gasteiger partial charge in [-0.15, -0.1) is 35.3 Å². The van der Waals surface area contributed by atoms with E-state index in [0.29, 0.717) is 36.3 Å². The van der Waals surface area contributed by atoms with Gasteiger partial charge in [-0.25, -0.2) is 0 Å². The monoisotopic (exact) mass is 507 g/mol. The van der Waals surface area contributed by atoms with Crippen molar-refractivity contribution in [3.8, 4) is 11.5 Å². The first-order chi connectivity index (χ1) is 12.3. The first kappa shape index (κ1) is 21.1. The SMILES string of the molecule is CN=C(NCCc1cccs1)NCc1cc(Cl)c2c(c1)OCCCO2.I. The van der Waals surface area contributed by atoms with Gasteiger partial charge in [-0.2, -0.15) is 0 Å². The molecule has 0 aliphatic carbocycles. The van der Waals surface area contributed by atoms with Crippen LogP contribution in [-0.2, 0) is 13.0 Å². The molecule has 3 rings (SSSR count). The normalized spacial score (nSPS) is 13.5. The number of guanidine groups is 1. The first-order valence-electron chi connectivity index (χ1n) is 8.31. The summed E-state index contributed by atoms with van der Waals surface area (Å²) in [5.41, 5.74) is 1.02. The highest BCUT2D eigenvalue weighted by atomic mass is 127. The minimum Gasteiger partial charge on any atom is -0.489 e. The maximum absolute atomic E-state index is 6.33. The smallest absolute Gasteiger partial charge is 0.191 e. The van der Waals surface area contributed by atoms with Crippen molar-refractivity contribution in [2.45, 2.75) is 19.4 Å². The average Bonchev–Trinajstić information content (AvgIpc) is 3.01. The van der Waals surface area contributed by atoms with E-state index in [1.165, 1.54) is 4.88 Å². The van der Waals surface area contributed by atoms with Crippen molar-refractivity contribution in [2.75, 3.05) is 26.8 Å². The van der Waals surface area contributed by atoms with Crippen molar-refractivity contribution in [1.82, 2.24) is 10.6 Å². The molecule has 1 aromatic heterocycles. The zero-order valence-electron chi connectivity index (χ0n) is 14.6. The van der Waals surface area contributed by atoms with Crippen molar-refractivity contribution < 1.29 is 9.47 Å². The third kappa shape index (κ3) is 5.92. The minimum absolute atomic E-state index is 0. The Morgan fingerprint density at radius 2 is 2.12 bits per heavy atom. The van der Waals surface area contributed by atoms with Gasteiger partial charge in [-0.1, -0.05) is 17.7 Å². The second-order valence-electron chi connectivity index (χ2n) is 5.64. The lowest BCUT2D eigenvalue weighted by molar-refractivity contribution is 0.297. The number of nitrogens with one attached hydrogen (secondary N) is 2. The number of hydrogen-bond donors (Lipinski definition) is 2. The molecule has 8 heteroatoms. The van der Waals surface area contributed by atoms with Gasteiger partial charge >= 0.3 is 0 Å². The summed E-state index contributed by atoms with van der Waals surface area (Å²) in [6.07, 6.45) is 1.84. The first-order valence-corrected chi connectivity index (χ1v) is 9.57.